The Hall–Kier alpha value is -0.570. The number of ether oxygens (including phenoxy) is 2. The van der Waals surface area contributed by atoms with Gasteiger partial charge in [-0.25, -0.2) is 0 Å². The first-order valence-electron chi connectivity index (χ1n) is 5.14. The normalized spacial score (nSPS) is 16.1. The maximum Gasteiger partial charge on any atom is 0.310 e. The minimum absolute atomic E-state index is 0.0546. The molecule has 0 radical (unpaired) electrons. The van der Waals surface area contributed by atoms with E-state index in [2.05, 4.69) is 0 Å². The van der Waals surface area contributed by atoms with Gasteiger partial charge in [0, 0.05) is 0 Å². The van der Waals surface area contributed by atoms with Gasteiger partial charge < -0.3 is 9.47 Å². The summed E-state index contributed by atoms with van der Waals surface area (Å²) in [7, 11) is 0. The van der Waals surface area contributed by atoms with Crippen LogP contribution in [0.1, 0.15) is 48.0 Å². The molecule has 0 amide bonds. The average molecular weight is 202 g/mol. The van der Waals surface area contributed by atoms with Gasteiger partial charge in [-0.15, -0.1) is 0 Å². The summed E-state index contributed by atoms with van der Waals surface area (Å²) in [5, 5.41) is 0. The summed E-state index contributed by atoms with van der Waals surface area (Å²) < 4.78 is 10.6. The van der Waals surface area contributed by atoms with Crippen LogP contribution in [0.15, 0.2) is 0 Å². The Balaban J connectivity index is 3.95. The first-order valence-corrected chi connectivity index (χ1v) is 5.14. The molecule has 84 valence electrons. The zero-order valence-corrected chi connectivity index (χ0v) is 10.1. The van der Waals surface area contributed by atoms with Gasteiger partial charge in [0.1, 0.15) is 0 Å². The lowest BCUT2D eigenvalue weighted by Crippen LogP contribution is -2.30. The van der Waals surface area contributed by atoms with Crippen LogP contribution in [-0.2, 0) is 14.3 Å². The van der Waals surface area contributed by atoms with Crippen molar-refractivity contribution in [1.29, 1.82) is 0 Å². The lowest BCUT2D eigenvalue weighted by Gasteiger charge is -2.25. The molecule has 0 aliphatic heterocycles. The number of rotatable bonds is 4. The Kier molecular flexibility index (Phi) is 5.13. The van der Waals surface area contributed by atoms with E-state index < -0.39 is 6.29 Å². The molecule has 2 atom stereocenters. The predicted octanol–water partition coefficient (Wildman–Crippen LogP) is 2.74. The van der Waals surface area contributed by atoms with E-state index >= 15 is 0 Å². The Morgan fingerprint density at radius 3 is 2.14 bits per heavy atom. The van der Waals surface area contributed by atoms with Crippen LogP contribution in [0.5, 0.6) is 0 Å². The Labute approximate surface area is 86.8 Å². The highest BCUT2D eigenvalue weighted by Crippen LogP contribution is 2.13. The van der Waals surface area contributed by atoms with Crippen molar-refractivity contribution in [2.75, 3.05) is 0 Å². The maximum absolute atomic E-state index is 11.4. The second-order valence-corrected chi connectivity index (χ2v) is 4.54. The van der Waals surface area contributed by atoms with Gasteiger partial charge in [-0.1, -0.05) is 13.8 Å². The van der Waals surface area contributed by atoms with Crippen molar-refractivity contribution in [2.24, 2.45) is 5.92 Å². The molecule has 0 fully saturated rings. The zero-order valence-electron chi connectivity index (χ0n) is 10.1. The summed E-state index contributed by atoms with van der Waals surface area (Å²) in [5.41, 5.74) is -0.283. The molecule has 0 heterocycles. The Morgan fingerprint density at radius 1 is 1.29 bits per heavy atom. The standard InChI is InChI=1S/C11H22O3/c1-7-8(2)10(12)13-9(3)14-11(4,5)6/h8-9H,7H2,1-6H3. The molecule has 0 aliphatic carbocycles. The van der Waals surface area contributed by atoms with Crippen molar-refractivity contribution < 1.29 is 14.3 Å². The van der Waals surface area contributed by atoms with Crippen LogP contribution in [0, 0.1) is 5.92 Å². The van der Waals surface area contributed by atoms with Crippen molar-refractivity contribution in [3.8, 4) is 0 Å². The van der Waals surface area contributed by atoms with Gasteiger partial charge >= 0.3 is 5.97 Å². The fourth-order valence-electron chi connectivity index (χ4n) is 0.968. The molecule has 0 N–H and O–H groups in total. The third-order valence-corrected chi connectivity index (χ3v) is 1.82. The van der Waals surface area contributed by atoms with Crippen LogP contribution >= 0.6 is 0 Å². The molecule has 0 aromatic carbocycles. The quantitative estimate of drug-likeness (QED) is 0.519. The highest BCUT2D eigenvalue weighted by molar-refractivity contribution is 5.71. The summed E-state index contributed by atoms with van der Waals surface area (Å²) in [4.78, 5) is 11.4. The number of carbonyl (C=O) groups excluding carboxylic acids is 1. The largest absolute Gasteiger partial charge is 0.436 e. The van der Waals surface area contributed by atoms with Crippen molar-refractivity contribution in [3.05, 3.63) is 0 Å². The summed E-state index contributed by atoms with van der Waals surface area (Å²) >= 11 is 0. The molecule has 0 saturated heterocycles. The second kappa shape index (κ2) is 5.35. The number of hydrogen-bond acceptors (Lipinski definition) is 3. The summed E-state index contributed by atoms with van der Waals surface area (Å²) in [5.74, 6) is -0.245. The van der Waals surface area contributed by atoms with Crippen LogP contribution in [0.4, 0.5) is 0 Å². The summed E-state index contributed by atoms with van der Waals surface area (Å²) in [6.45, 7) is 11.3. The first-order chi connectivity index (χ1) is 6.26. The second-order valence-electron chi connectivity index (χ2n) is 4.54. The molecule has 3 heteroatoms. The zero-order chi connectivity index (χ0) is 11.4. The molecule has 0 aromatic heterocycles. The highest BCUT2D eigenvalue weighted by Gasteiger charge is 2.20. The highest BCUT2D eigenvalue weighted by atomic mass is 16.7. The van der Waals surface area contributed by atoms with E-state index in [9.17, 15) is 4.79 Å². The molecule has 0 bridgehead atoms. The molecule has 0 rings (SSSR count). The van der Waals surface area contributed by atoms with E-state index in [-0.39, 0.29) is 17.5 Å². The van der Waals surface area contributed by atoms with Crippen molar-refractivity contribution in [3.63, 3.8) is 0 Å². The molecule has 0 aliphatic rings. The van der Waals surface area contributed by atoms with Gasteiger partial charge in [0.15, 0.2) is 0 Å². The van der Waals surface area contributed by atoms with Crippen LogP contribution in [0.2, 0.25) is 0 Å². The lowest BCUT2D eigenvalue weighted by molar-refractivity contribution is -0.200. The topological polar surface area (TPSA) is 35.5 Å². The summed E-state index contributed by atoms with van der Waals surface area (Å²) in [6, 6.07) is 0. The first kappa shape index (κ1) is 13.4. The van der Waals surface area contributed by atoms with E-state index in [1.165, 1.54) is 0 Å². The van der Waals surface area contributed by atoms with Crippen molar-refractivity contribution >= 4 is 5.97 Å². The third-order valence-electron chi connectivity index (χ3n) is 1.82. The van der Waals surface area contributed by atoms with E-state index in [1.54, 1.807) is 6.92 Å². The number of hydrogen-bond donors (Lipinski definition) is 0. The van der Waals surface area contributed by atoms with E-state index in [1.807, 2.05) is 34.6 Å². The van der Waals surface area contributed by atoms with Gasteiger partial charge in [0.05, 0.1) is 11.5 Å². The van der Waals surface area contributed by atoms with Gasteiger partial charge in [0.25, 0.3) is 0 Å². The van der Waals surface area contributed by atoms with E-state index in [4.69, 9.17) is 9.47 Å². The van der Waals surface area contributed by atoms with Crippen molar-refractivity contribution in [2.45, 2.75) is 59.9 Å². The SMILES string of the molecule is CCC(C)C(=O)OC(C)OC(C)(C)C. The predicted molar refractivity (Wildman–Crippen MR) is 55.8 cm³/mol. The van der Waals surface area contributed by atoms with Crippen molar-refractivity contribution in [1.82, 2.24) is 0 Å². The molecule has 3 nitrogen and oxygen atoms in total. The lowest BCUT2D eigenvalue weighted by atomic mass is 10.1. The minimum Gasteiger partial charge on any atom is -0.436 e. The maximum atomic E-state index is 11.4. The van der Waals surface area contributed by atoms with Crippen LogP contribution in [0.25, 0.3) is 0 Å². The fraction of sp³-hybridized carbons (Fsp3) is 0.909. The molecular formula is C11H22O3. The molecule has 2 unspecified atom stereocenters. The number of carbonyl (C=O) groups is 1. The molecule has 0 spiro atoms. The van der Waals surface area contributed by atoms with Crippen LogP contribution in [0.3, 0.4) is 0 Å². The molecular weight excluding hydrogens is 180 g/mol. The summed E-state index contributed by atoms with van der Waals surface area (Å²) in [6.07, 6.45) is 0.317. The van der Waals surface area contributed by atoms with Gasteiger partial charge in [-0.3, -0.25) is 4.79 Å². The van der Waals surface area contributed by atoms with Gasteiger partial charge in [-0.2, -0.15) is 0 Å². The van der Waals surface area contributed by atoms with Gasteiger partial charge in [-0.05, 0) is 34.1 Å². The molecule has 14 heavy (non-hydrogen) atoms. The van der Waals surface area contributed by atoms with Crippen LogP contribution in [-0.4, -0.2) is 17.9 Å². The minimum atomic E-state index is -0.475. The van der Waals surface area contributed by atoms with E-state index in [0.717, 1.165) is 6.42 Å². The van der Waals surface area contributed by atoms with Gasteiger partial charge in [0.2, 0.25) is 6.29 Å². The fourth-order valence-corrected chi connectivity index (χ4v) is 0.968. The molecule has 0 saturated carbocycles. The molecule has 0 aromatic rings. The Bertz CT molecular complexity index is 181. The third kappa shape index (κ3) is 5.97. The number of esters is 1. The van der Waals surface area contributed by atoms with E-state index in [0.29, 0.717) is 0 Å². The monoisotopic (exact) mass is 202 g/mol. The Morgan fingerprint density at radius 2 is 1.79 bits per heavy atom. The average Bonchev–Trinajstić information content (AvgIpc) is 1.99. The smallest absolute Gasteiger partial charge is 0.310 e. The van der Waals surface area contributed by atoms with Crippen LogP contribution < -0.4 is 0 Å².